The molecule has 2 N–H and O–H groups in total. The summed E-state index contributed by atoms with van der Waals surface area (Å²) in [6.07, 6.45) is 1.66. The van der Waals surface area contributed by atoms with Gasteiger partial charge in [0.25, 0.3) is 0 Å². The molecular formula is C11H21N5O. The Morgan fingerprint density at radius 3 is 2.76 bits per heavy atom. The largest absolute Gasteiger partial charge is 0.335 e. The summed E-state index contributed by atoms with van der Waals surface area (Å²) in [6.45, 7) is 9.32. The van der Waals surface area contributed by atoms with Crippen molar-refractivity contribution in [3.8, 4) is 0 Å². The van der Waals surface area contributed by atoms with E-state index in [1.807, 2.05) is 18.4 Å². The van der Waals surface area contributed by atoms with E-state index in [1.54, 1.807) is 6.33 Å². The summed E-state index contributed by atoms with van der Waals surface area (Å²) in [5.41, 5.74) is 0. The van der Waals surface area contributed by atoms with Gasteiger partial charge in [-0.1, -0.05) is 13.8 Å². The number of urea groups is 1. The molecule has 0 saturated heterocycles. The second kappa shape index (κ2) is 6.22. The fourth-order valence-electron chi connectivity index (χ4n) is 1.26. The van der Waals surface area contributed by atoms with Gasteiger partial charge < -0.3 is 15.2 Å². The summed E-state index contributed by atoms with van der Waals surface area (Å²) in [5, 5.41) is 13.4. The van der Waals surface area contributed by atoms with Crippen LogP contribution in [-0.4, -0.2) is 26.8 Å². The molecule has 1 aromatic heterocycles. The van der Waals surface area contributed by atoms with E-state index in [-0.39, 0.29) is 12.1 Å². The van der Waals surface area contributed by atoms with Gasteiger partial charge in [-0.25, -0.2) is 4.79 Å². The number of nitrogens with zero attached hydrogens (tertiary/aromatic N) is 3. The van der Waals surface area contributed by atoms with Gasteiger partial charge in [0, 0.05) is 12.6 Å². The van der Waals surface area contributed by atoms with Gasteiger partial charge in [-0.3, -0.25) is 0 Å². The van der Waals surface area contributed by atoms with Crippen LogP contribution in [0.5, 0.6) is 0 Å². The van der Waals surface area contributed by atoms with Gasteiger partial charge in [0.05, 0.1) is 6.54 Å². The molecule has 1 aromatic rings. The Hall–Kier alpha value is -1.59. The average Bonchev–Trinajstić information content (AvgIpc) is 2.73. The zero-order chi connectivity index (χ0) is 12.8. The van der Waals surface area contributed by atoms with E-state index < -0.39 is 0 Å². The highest BCUT2D eigenvalue weighted by Crippen LogP contribution is 1.99. The van der Waals surface area contributed by atoms with Crippen molar-refractivity contribution < 1.29 is 4.79 Å². The van der Waals surface area contributed by atoms with Crippen LogP contribution in [0, 0.1) is 5.92 Å². The lowest BCUT2D eigenvalue weighted by Crippen LogP contribution is -2.42. The average molecular weight is 239 g/mol. The molecule has 17 heavy (non-hydrogen) atoms. The Morgan fingerprint density at radius 2 is 2.18 bits per heavy atom. The Bertz CT molecular complexity index is 360. The maximum Gasteiger partial charge on any atom is 0.315 e. The van der Waals surface area contributed by atoms with Crippen molar-refractivity contribution in [2.24, 2.45) is 5.92 Å². The maximum atomic E-state index is 11.6. The maximum absolute atomic E-state index is 11.6. The molecule has 6 nitrogen and oxygen atoms in total. The molecular weight excluding hydrogens is 218 g/mol. The number of hydrogen-bond acceptors (Lipinski definition) is 3. The third kappa shape index (κ3) is 4.05. The fraction of sp³-hybridized carbons (Fsp3) is 0.727. The highest BCUT2D eigenvalue weighted by Gasteiger charge is 2.11. The number of hydrogen-bond donors (Lipinski definition) is 2. The summed E-state index contributed by atoms with van der Waals surface area (Å²) in [5.74, 6) is 1.18. The van der Waals surface area contributed by atoms with Crippen LogP contribution in [0.15, 0.2) is 6.33 Å². The highest BCUT2D eigenvalue weighted by molar-refractivity contribution is 5.74. The summed E-state index contributed by atoms with van der Waals surface area (Å²) < 4.78 is 1.89. The fourth-order valence-corrected chi connectivity index (χ4v) is 1.26. The minimum absolute atomic E-state index is 0.152. The Kier molecular flexibility index (Phi) is 4.93. The van der Waals surface area contributed by atoms with Crippen molar-refractivity contribution >= 4 is 6.03 Å². The molecule has 0 aliphatic rings. The van der Waals surface area contributed by atoms with E-state index in [4.69, 9.17) is 0 Å². The second-order valence-corrected chi connectivity index (χ2v) is 4.39. The van der Waals surface area contributed by atoms with Crippen molar-refractivity contribution in [3.63, 3.8) is 0 Å². The lowest BCUT2D eigenvalue weighted by atomic mass is 10.1. The number of carbonyl (C=O) groups is 1. The van der Waals surface area contributed by atoms with E-state index in [2.05, 4.69) is 34.7 Å². The number of nitrogens with one attached hydrogen (secondary N) is 2. The molecule has 0 aliphatic carbocycles. The zero-order valence-corrected chi connectivity index (χ0v) is 10.9. The first-order valence-electron chi connectivity index (χ1n) is 5.95. The van der Waals surface area contributed by atoms with Gasteiger partial charge in [0.1, 0.15) is 6.33 Å². The van der Waals surface area contributed by atoms with Gasteiger partial charge in [0.15, 0.2) is 5.82 Å². The molecule has 1 rings (SSSR count). The third-order valence-corrected chi connectivity index (χ3v) is 2.80. The van der Waals surface area contributed by atoms with Crippen LogP contribution < -0.4 is 10.6 Å². The monoisotopic (exact) mass is 239 g/mol. The molecule has 0 fully saturated rings. The topological polar surface area (TPSA) is 71.8 Å². The zero-order valence-electron chi connectivity index (χ0n) is 10.9. The Labute approximate surface area is 102 Å². The molecule has 0 aliphatic heterocycles. The van der Waals surface area contributed by atoms with E-state index in [0.717, 1.165) is 12.4 Å². The SMILES string of the molecule is CCn1cnnc1CNC(=O)N[C@H](C)C(C)C. The van der Waals surface area contributed by atoms with Crippen LogP contribution in [0.25, 0.3) is 0 Å². The molecule has 6 heteroatoms. The molecule has 0 bridgehead atoms. The molecule has 1 heterocycles. The molecule has 0 radical (unpaired) electrons. The van der Waals surface area contributed by atoms with Gasteiger partial charge >= 0.3 is 6.03 Å². The molecule has 2 amide bonds. The van der Waals surface area contributed by atoms with Crippen molar-refractivity contribution in [1.29, 1.82) is 0 Å². The number of carbonyl (C=O) groups excluding carboxylic acids is 1. The molecule has 0 spiro atoms. The first-order chi connectivity index (χ1) is 8.04. The molecule has 0 saturated carbocycles. The van der Waals surface area contributed by atoms with Crippen molar-refractivity contribution in [3.05, 3.63) is 12.2 Å². The lowest BCUT2D eigenvalue weighted by molar-refractivity contribution is 0.233. The molecule has 96 valence electrons. The molecule has 0 aromatic carbocycles. The third-order valence-electron chi connectivity index (χ3n) is 2.80. The van der Waals surface area contributed by atoms with Crippen LogP contribution in [0.1, 0.15) is 33.5 Å². The first-order valence-corrected chi connectivity index (χ1v) is 5.95. The number of rotatable bonds is 5. The van der Waals surface area contributed by atoms with Crippen LogP contribution in [-0.2, 0) is 13.1 Å². The minimum atomic E-state index is -0.170. The Balaban J connectivity index is 2.38. The summed E-state index contributed by atoms with van der Waals surface area (Å²) >= 11 is 0. The van der Waals surface area contributed by atoms with Gasteiger partial charge in [-0.05, 0) is 19.8 Å². The van der Waals surface area contributed by atoms with Gasteiger partial charge in [-0.2, -0.15) is 0 Å². The normalized spacial score (nSPS) is 12.5. The Morgan fingerprint density at radius 1 is 1.47 bits per heavy atom. The summed E-state index contributed by atoms with van der Waals surface area (Å²) in [7, 11) is 0. The van der Waals surface area contributed by atoms with Crippen molar-refractivity contribution in [2.75, 3.05) is 0 Å². The summed E-state index contributed by atoms with van der Waals surface area (Å²) in [4.78, 5) is 11.6. The second-order valence-electron chi connectivity index (χ2n) is 4.39. The van der Waals surface area contributed by atoms with E-state index in [1.165, 1.54) is 0 Å². The quantitative estimate of drug-likeness (QED) is 0.809. The van der Waals surface area contributed by atoms with E-state index in [0.29, 0.717) is 12.5 Å². The van der Waals surface area contributed by atoms with Crippen LogP contribution in [0.2, 0.25) is 0 Å². The summed E-state index contributed by atoms with van der Waals surface area (Å²) in [6, 6.07) is -0.0177. The van der Waals surface area contributed by atoms with Gasteiger partial charge in [-0.15, -0.1) is 10.2 Å². The molecule has 1 atom stereocenters. The minimum Gasteiger partial charge on any atom is -0.335 e. The van der Waals surface area contributed by atoms with Crippen LogP contribution in [0.3, 0.4) is 0 Å². The van der Waals surface area contributed by atoms with E-state index in [9.17, 15) is 4.79 Å². The molecule has 0 unspecified atom stereocenters. The standard InChI is InChI=1S/C11H21N5O/c1-5-16-7-13-15-10(16)6-12-11(17)14-9(4)8(2)3/h7-9H,5-6H2,1-4H3,(H2,12,14,17)/t9-/m1/s1. The van der Waals surface area contributed by atoms with Crippen molar-refractivity contribution in [2.45, 2.75) is 46.8 Å². The lowest BCUT2D eigenvalue weighted by Gasteiger charge is -2.17. The first kappa shape index (κ1) is 13.5. The predicted octanol–water partition coefficient (Wildman–Crippen LogP) is 1.14. The smallest absolute Gasteiger partial charge is 0.315 e. The van der Waals surface area contributed by atoms with Crippen molar-refractivity contribution in [1.82, 2.24) is 25.4 Å². The predicted molar refractivity (Wildman–Crippen MR) is 65.4 cm³/mol. The number of aromatic nitrogens is 3. The van der Waals surface area contributed by atoms with E-state index >= 15 is 0 Å². The van der Waals surface area contributed by atoms with Crippen LogP contribution >= 0.6 is 0 Å². The van der Waals surface area contributed by atoms with Gasteiger partial charge in [0.2, 0.25) is 0 Å². The van der Waals surface area contributed by atoms with Crippen LogP contribution in [0.4, 0.5) is 4.79 Å². The number of amides is 2. The number of aryl methyl sites for hydroxylation is 1. The highest BCUT2D eigenvalue weighted by atomic mass is 16.2.